The fourth-order valence-corrected chi connectivity index (χ4v) is 2.15. The van der Waals surface area contributed by atoms with Gasteiger partial charge in [0.2, 0.25) is 0 Å². The number of esters is 1. The number of carbonyl (C=O) groups excluding carboxylic acids is 1. The smallest absolute Gasteiger partial charge is 0.330 e. The lowest BCUT2D eigenvalue weighted by atomic mass is 10.1. The molecule has 120 valence electrons. The lowest BCUT2D eigenvalue weighted by molar-refractivity contribution is -0.137. The second-order valence-corrected chi connectivity index (χ2v) is 5.30. The summed E-state index contributed by atoms with van der Waals surface area (Å²) in [5, 5.41) is 0. The Balaban J connectivity index is 1.86. The summed E-state index contributed by atoms with van der Waals surface area (Å²) in [4.78, 5) is 11.4. The number of para-hydroxylation sites is 1. The average molecular weight is 310 g/mol. The Morgan fingerprint density at radius 1 is 1.00 bits per heavy atom. The summed E-state index contributed by atoms with van der Waals surface area (Å²) in [7, 11) is 0. The molecule has 0 amide bonds. The van der Waals surface area contributed by atoms with Gasteiger partial charge < -0.3 is 9.47 Å². The monoisotopic (exact) mass is 310 g/mol. The van der Waals surface area contributed by atoms with Crippen LogP contribution in [0.1, 0.15) is 25.8 Å². The van der Waals surface area contributed by atoms with Crippen LogP contribution in [0.4, 0.5) is 0 Å². The number of carbonyl (C=O) groups is 1. The summed E-state index contributed by atoms with van der Waals surface area (Å²) in [5.74, 6) is 1.38. The third kappa shape index (κ3) is 5.99. The van der Waals surface area contributed by atoms with Crippen LogP contribution < -0.4 is 4.74 Å². The van der Waals surface area contributed by atoms with Gasteiger partial charge in [-0.1, -0.05) is 35.9 Å². The van der Waals surface area contributed by atoms with E-state index in [1.807, 2.05) is 49.4 Å². The van der Waals surface area contributed by atoms with E-state index in [0.29, 0.717) is 6.61 Å². The highest BCUT2D eigenvalue weighted by Crippen LogP contribution is 2.21. The number of allylic oxidation sites excluding steroid dienone is 1. The summed E-state index contributed by atoms with van der Waals surface area (Å²) in [6.45, 7) is 4.16. The summed E-state index contributed by atoms with van der Waals surface area (Å²) < 4.78 is 10.7. The van der Waals surface area contributed by atoms with Gasteiger partial charge in [0.1, 0.15) is 11.5 Å². The number of rotatable bonds is 7. The van der Waals surface area contributed by atoms with Gasteiger partial charge >= 0.3 is 5.97 Å². The Morgan fingerprint density at radius 3 is 2.30 bits per heavy atom. The van der Waals surface area contributed by atoms with Crippen molar-refractivity contribution in [2.45, 2.75) is 26.7 Å². The second kappa shape index (κ2) is 8.79. The van der Waals surface area contributed by atoms with Gasteiger partial charge in [-0.25, -0.2) is 4.79 Å². The van der Waals surface area contributed by atoms with E-state index in [-0.39, 0.29) is 5.97 Å². The SMILES string of the molecule is CCOC(=O)C=C(C)CCc1ccc(Oc2ccccc2)cc1. The van der Waals surface area contributed by atoms with Crippen LogP contribution in [0.15, 0.2) is 66.2 Å². The molecule has 3 heteroatoms. The summed E-state index contributed by atoms with van der Waals surface area (Å²) in [6.07, 6.45) is 3.28. The van der Waals surface area contributed by atoms with Crippen molar-refractivity contribution in [1.82, 2.24) is 0 Å². The molecule has 0 aromatic heterocycles. The minimum atomic E-state index is -0.267. The van der Waals surface area contributed by atoms with Crippen molar-refractivity contribution in [3.8, 4) is 11.5 Å². The van der Waals surface area contributed by atoms with Crippen LogP contribution in [0, 0.1) is 0 Å². The van der Waals surface area contributed by atoms with Crippen LogP contribution in [0.2, 0.25) is 0 Å². The highest BCUT2D eigenvalue weighted by molar-refractivity contribution is 5.82. The first-order valence-electron chi connectivity index (χ1n) is 7.83. The molecule has 0 bridgehead atoms. The number of hydrogen-bond acceptors (Lipinski definition) is 3. The molecule has 2 rings (SSSR count). The molecule has 0 aliphatic rings. The van der Waals surface area contributed by atoms with Gasteiger partial charge in [-0.15, -0.1) is 0 Å². The van der Waals surface area contributed by atoms with Gasteiger partial charge in [-0.2, -0.15) is 0 Å². The molecule has 0 aliphatic heterocycles. The summed E-state index contributed by atoms with van der Waals surface area (Å²) in [5.41, 5.74) is 2.23. The standard InChI is InChI=1S/C20H22O3/c1-3-22-20(21)15-16(2)9-10-17-11-13-19(14-12-17)23-18-7-5-4-6-8-18/h4-8,11-15H,3,9-10H2,1-2H3. The molecule has 0 N–H and O–H groups in total. The quantitative estimate of drug-likeness (QED) is 0.538. The van der Waals surface area contributed by atoms with Crippen LogP contribution in [-0.4, -0.2) is 12.6 Å². The summed E-state index contributed by atoms with van der Waals surface area (Å²) >= 11 is 0. The van der Waals surface area contributed by atoms with Crippen molar-refractivity contribution in [2.75, 3.05) is 6.61 Å². The van der Waals surface area contributed by atoms with Gasteiger partial charge in [0, 0.05) is 6.08 Å². The van der Waals surface area contributed by atoms with Crippen molar-refractivity contribution < 1.29 is 14.3 Å². The minimum absolute atomic E-state index is 0.267. The average Bonchev–Trinajstić information content (AvgIpc) is 2.55. The van der Waals surface area contributed by atoms with Crippen molar-refractivity contribution >= 4 is 5.97 Å². The maximum atomic E-state index is 11.4. The lowest BCUT2D eigenvalue weighted by Gasteiger charge is -2.07. The Bertz CT molecular complexity index is 642. The number of ether oxygens (including phenoxy) is 2. The molecule has 0 saturated heterocycles. The molecule has 0 spiro atoms. The van der Waals surface area contributed by atoms with E-state index in [0.717, 1.165) is 29.9 Å². The molecule has 2 aromatic carbocycles. The summed E-state index contributed by atoms with van der Waals surface area (Å²) in [6, 6.07) is 17.7. The normalized spacial score (nSPS) is 11.1. The van der Waals surface area contributed by atoms with Crippen LogP contribution in [0.25, 0.3) is 0 Å². The van der Waals surface area contributed by atoms with Gasteiger partial charge in [0.25, 0.3) is 0 Å². The van der Waals surface area contributed by atoms with E-state index < -0.39 is 0 Å². The van der Waals surface area contributed by atoms with E-state index in [1.54, 1.807) is 13.0 Å². The maximum absolute atomic E-state index is 11.4. The van der Waals surface area contributed by atoms with Crippen molar-refractivity contribution in [3.05, 3.63) is 71.8 Å². The zero-order valence-corrected chi connectivity index (χ0v) is 13.6. The molecule has 0 radical (unpaired) electrons. The molecule has 0 aliphatic carbocycles. The topological polar surface area (TPSA) is 35.5 Å². The van der Waals surface area contributed by atoms with Gasteiger partial charge in [-0.05, 0) is 56.5 Å². The molecular formula is C20H22O3. The minimum Gasteiger partial charge on any atom is -0.463 e. The van der Waals surface area contributed by atoms with Crippen LogP contribution >= 0.6 is 0 Å². The molecule has 0 heterocycles. The Hall–Kier alpha value is -2.55. The molecule has 0 unspecified atom stereocenters. The van der Waals surface area contributed by atoms with Crippen LogP contribution in [0.3, 0.4) is 0 Å². The zero-order chi connectivity index (χ0) is 16.5. The largest absolute Gasteiger partial charge is 0.463 e. The van der Waals surface area contributed by atoms with E-state index >= 15 is 0 Å². The molecule has 0 fully saturated rings. The molecule has 23 heavy (non-hydrogen) atoms. The van der Waals surface area contributed by atoms with Crippen LogP contribution in [-0.2, 0) is 16.0 Å². The van der Waals surface area contributed by atoms with E-state index in [2.05, 4.69) is 12.1 Å². The zero-order valence-electron chi connectivity index (χ0n) is 13.6. The van der Waals surface area contributed by atoms with Gasteiger partial charge in [0.15, 0.2) is 0 Å². The molecule has 0 atom stereocenters. The predicted octanol–water partition coefficient (Wildman–Crippen LogP) is 4.92. The highest BCUT2D eigenvalue weighted by Gasteiger charge is 2.01. The van der Waals surface area contributed by atoms with Gasteiger partial charge in [-0.3, -0.25) is 0 Å². The molecule has 2 aromatic rings. The first-order valence-corrected chi connectivity index (χ1v) is 7.83. The van der Waals surface area contributed by atoms with Crippen molar-refractivity contribution in [2.24, 2.45) is 0 Å². The maximum Gasteiger partial charge on any atom is 0.330 e. The van der Waals surface area contributed by atoms with Gasteiger partial charge in [0.05, 0.1) is 6.61 Å². The van der Waals surface area contributed by atoms with E-state index in [1.165, 1.54) is 5.56 Å². The predicted molar refractivity (Wildman–Crippen MR) is 91.7 cm³/mol. The van der Waals surface area contributed by atoms with Crippen LogP contribution in [0.5, 0.6) is 11.5 Å². The fourth-order valence-electron chi connectivity index (χ4n) is 2.15. The molecule has 3 nitrogen and oxygen atoms in total. The lowest BCUT2D eigenvalue weighted by Crippen LogP contribution is -2.00. The Morgan fingerprint density at radius 2 is 1.65 bits per heavy atom. The van der Waals surface area contributed by atoms with Crippen molar-refractivity contribution in [1.29, 1.82) is 0 Å². The third-order valence-electron chi connectivity index (χ3n) is 3.36. The Labute approximate surface area is 137 Å². The first kappa shape index (κ1) is 16.8. The molecule has 0 saturated carbocycles. The number of hydrogen-bond donors (Lipinski definition) is 0. The molecular weight excluding hydrogens is 288 g/mol. The first-order chi connectivity index (χ1) is 11.2. The van der Waals surface area contributed by atoms with Crippen molar-refractivity contribution in [3.63, 3.8) is 0 Å². The fraction of sp³-hybridized carbons (Fsp3) is 0.250. The highest BCUT2D eigenvalue weighted by atomic mass is 16.5. The van der Waals surface area contributed by atoms with E-state index in [4.69, 9.17) is 9.47 Å². The van der Waals surface area contributed by atoms with E-state index in [9.17, 15) is 4.79 Å². The number of aryl methyl sites for hydroxylation is 1. The Kier molecular flexibility index (Phi) is 6.42. The second-order valence-electron chi connectivity index (χ2n) is 5.30. The number of benzene rings is 2. The third-order valence-corrected chi connectivity index (χ3v) is 3.36.